The zero-order valence-corrected chi connectivity index (χ0v) is 12.7. The van der Waals surface area contributed by atoms with Gasteiger partial charge in [0, 0.05) is 12.6 Å². The number of benzene rings is 1. The summed E-state index contributed by atoms with van der Waals surface area (Å²) in [5, 5.41) is 3.39. The monoisotopic (exact) mass is 260 g/mol. The molecule has 0 aliphatic carbocycles. The SMILES string of the molecule is CCc1ccc(CN2CCC(C(C)NC)CC2)cc1. The van der Waals surface area contributed by atoms with Crippen LogP contribution < -0.4 is 5.32 Å². The van der Waals surface area contributed by atoms with Crippen molar-refractivity contribution in [3.8, 4) is 0 Å². The average molecular weight is 260 g/mol. The molecule has 0 saturated carbocycles. The van der Waals surface area contributed by atoms with Crippen LogP contribution in [0.4, 0.5) is 0 Å². The molecule has 0 spiro atoms. The smallest absolute Gasteiger partial charge is 0.0233 e. The van der Waals surface area contributed by atoms with Gasteiger partial charge in [0.15, 0.2) is 0 Å². The van der Waals surface area contributed by atoms with Gasteiger partial charge in [-0.3, -0.25) is 4.90 Å². The van der Waals surface area contributed by atoms with E-state index in [-0.39, 0.29) is 0 Å². The number of piperidine rings is 1. The van der Waals surface area contributed by atoms with E-state index in [0.717, 1.165) is 18.9 Å². The summed E-state index contributed by atoms with van der Waals surface area (Å²) in [5.41, 5.74) is 2.89. The van der Waals surface area contributed by atoms with Gasteiger partial charge in [-0.05, 0) is 63.4 Å². The summed E-state index contributed by atoms with van der Waals surface area (Å²) < 4.78 is 0. The molecule has 0 aromatic heterocycles. The van der Waals surface area contributed by atoms with Gasteiger partial charge >= 0.3 is 0 Å². The Labute approximate surface area is 118 Å². The van der Waals surface area contributed by atoms with Gasteiger partial charge in [0.25, 0.3) is 0 Å². The second kappa shape index (κ2) is 7.06. The van der Waals surface area contributed by atoms with E-state index in [9.17, 15) is 0 Å². The molecule has 2 heteroatoms. The molecule has 0 amide bonds. The molecule has 1 fully saturated rings. The Bertz CT molecular complexity index is 363. The summed E-state index contributed by atoms with van der Waals surface area (Å²) >= 11 is 0. The van der Waals surface area contributed by atoms with Crippen LogP contribution in [0.3, 0.4) is 0 Å². The standard InChI is InChI=1S/C17H28N2/c1-4-15-5-7-16(8-6-15)13-19-11-9-17(10-12-19)14(2)18-3/h5-8,14,17-18H,4,9-13H2,1-3H3. The molecular weight excluding hydrogens is 232 g/mol. The highest BCUT2D eigenvalue weighted by molar-refractivity contribution is 5.22. The lowest BCUT2D eigenvalue weighted by molar-refractivity contribution is 0.159. The largest absolute Gasteiger partial charge is 0.317 e. The lowest BCUT2D eigenvalue weighted by Crippen LogP contribution is -2.40. The van der Waals surface area contributed by atoms with Crippen molar-refractivity contribution in [1.82, 2.24) is 10.2 Å². The number of rotatable bonds is 5. The fourth-order valence-corrected chi connectivity index (χ4v) is 2.99. The van der Waals surface area contributed by atoms with Crippen LogP contribution in [0.5, 0.6) is 0 Å². The Hall–Kier alpha value is -0.860. The lowest BCUT2D eigenvalue weighted by Gasteiger charge is -2.34. The first kappa shape index (κ1) is 14.5. The van der Waals surface area contributed by atoms with Crippen LogP contribution in [0.2, 0.25) is 0 Å². The summed E-state index contributed by atoms with van der Waals surface area (Å²) in [5.74, 6) is 0.851. The number of nitrogens with one attached hydrogen (secondary N) is 1. The second-order valence-electron chi connectivity index (χ2n) is 5.86. The van der Waals surface area contributed by atoms with Gasteiger partial charge in [0.1, 0.15) is 0 Å². The fraction of sp³-hybridized carbons (Fsp3) is 0.647. The van der Waals surface area contributed by atoms with E-state index in [1.54, 1.807) is 0 Å². The zero-order chi connectivity index (χ0) is 13.7. The number of likely N-dealkylation sites (tertiary alicyclic amines) is 1. The van der Waals surface area contributed by atoms with E-state index in [2.05, 4.69) is 55.4 Å². The van der Waals surface area contributed by atoms with Gasteiger partial charge in [-0.1, -0.05) is 31.2 Å². The summed E-state index contributed by atoms with van der Waals surface area (Å²) in [6, 6.07) is 9.78. The van der Waals surface area contributed by atoms with Gasteiger partial charge in [0.2, 0.25) is 0 Å². The normalized spacial score (nSPS) is 19.5. The molecule has 1 saturated heterocycles. The first-order chi connectivity index (χ1) is 9.22. The van der Waals surface area contributed by atoms with Gasteiger partial charge in [-0.2, -0.15) is 0 Å². The molecule has 0 bridgehead atoms. The number of hydrogen-bond acceptors (Lipinski definition) is 2. The third-order valence-corrected chi connectivity index (χ3v) is 4.63. The molecule has 1 atom stereocenters. The quantitative estimate of drug-likeness (QED) is 0.875. The van der Waals surface area contributed by atoms with Crippen LogP contribution in [0.1, 0.15) is 37.8 Å². The van der Waals surface area contributed by atoms with E-state index in [4.69, 9.17) is 0 Å². The molecule has 2 nitrogen and oxygen atoms in total. The molecule has 1 aliphatic heterocycles. The summed E-state index contributed by atoms with van der Waals surface area (Å²) in [4.78, 5) is 2.60. The Morgan fingerprint density at radius 3 is 2.26 bits per heavy atom. The average Bonchev–Trinajstić information content (AvgIpc) is 2.48. The van der Waals surface area contributed by atoms with E-state index in [0.29, 0.717) is 6.04 Å². The van der Waals surface area contributed by atoms with Crippen molar-refractivity contribution in [2.24, 2.45) is 5.92 Å². The molecule has 106 valence electrons. The molecule has 0 radical (unpaired) electrons. The van der Waals surface area contributed by atoms with Gasteiger partial charge in [-0.25, -0.2) is 0 Å². The van der Waals surface area contributed by atoms with Crippen LogP contribution in [-0.2, 0) is 13.0 Å². The van der Waals surface area contributed by atoms with Crippen LogP contribution in [0, 0.1) is 5.92 Å². The highest BCUT2D eigenvalue weighted by Gasteiger charge is 2.22. The van der Waals surface area contributed by atoms with Crippen molar-refractivity contribution in [1.29, 1.82) is 0 Å². The Morgan fingerprint density at radius 1 is 1.16 bits per heavy atom. The number of nitrogens with zero attached hydrogens (tertiary/aromatic N) is 1. The van der Waals surface area contributed by atoms with Crippen molar-refractivity contribution in [2.75, 3.05) is 20.1 Å². The minimum atomic E-state index is 0.658. The predicted molar refractivity (Wildman–Crippen MR) is 82.3 cm³/mol. The maximum atomic E-state index is 3.39. The van der Waals surface area contributed by atoms with Crippen molar-refractivity contribution in [3.63, 3.8) is 0 Å². The molecule has 1 aromatic carbocycles. The second-order valence-corrected chi connectivity index (χ2v) is 5.86. The summed E-state index contributed by atoms with van der Waals surface area (Å²) in [6.07, 6.45) is 3.79. The summed E-state index contributed by atoms with van der Waals surface area (Å²) in [7, 11) is 2.08. The highest BCUT2D eigenvalue weighted by Crippen LogP contribution is 2.21. The van der Waals surface area contributed by atoms with Crippen molar-refractivity contribution >= 4 is 0 Å². The molecule has 1 aliphatic rings. The molecule has 19 heavy (non-hydrogen) atoms. The zero-order valence-electron chi connectivity index (χ0n) is 12.7. The molecular formula is C17H28N2. The minimum Gasteiger partial charge on any atom is -0.317 e. The minimum absolute atomic E-state index is 0.658. The van der Waals surface area contributed by atoms with Gasteiger partial charge < -0.3 is 5.32 Å². The van der Waals surface area contributed by atoms with E-state index in [1.807, 2.05) is 0 Å². The van der Waals surface area contributed by atoms with Crippen LogP contribution in [-0.4, -0.2) is 31.1 Å². The molecule has 1 aromatic rings. The van der Waals surface area contributed by atoms with E-state index in [1.165, 1.54) is 37.1 Å². The number of aryl methyl sites for hydroxylation is 1. The fourth-order valence-electron chi connectivity index (χ4n) is 2.99. The first-order valence-corrected chi connectivity index (χ1v) is 7.70. The van der Waals surface area contributed by atoms with E-state index < -0.39 is 0 Å². The topological polar surface area (TPSA) is 15.3 Å². The Morgan fingerprint density at radius 2 is 1.74 bits per heavy atom. The summed E-state index contributed by atoms with van der Waals surface area (Å²) in [6.45, 7) is 8.12. The predicted octanol–water partition coefficient (Wildman–Crippen LogP) is 3.07. The third-order valence-electron chi connectivity index (χ3n) is 4.63. The van der Waals surface area contributed by atoms with E-state index >= 15 is 0 Å². The van der Waals surface area contributed by atoms with Crippen LogP contribution in [0.25, 0.3) is 0 Å². The number of hydrogen-bond donors (Lipinski definition) is 1. The lowest BCUT2D eigenvalue weighted by atomic mass is 9.90. The van der Waals surface area contributed by atoms with Crippen molar-refractivity contribution in [2.45, 2.75) is 45.7 Å². The van der Waals surface area contributed by atoms with Crippen molar-refractivity contribution in [3.05, 3.63) is 35.4 Å². The van der Waals surface area contributed by atoms with Crippen LogP contribution in [0.15, 0.2) is 24.3 Å². The molecule has 1 heterocycles. The highest BCUT2D eigenvalue weighted by atomic mass is 15.1. The first-order valence-electron chi connectivity index (χ1n) is 7.70. The Balaban J connectivity index is 1.81. The molecule has 1 N–H and O–H groups in total. The van der Waals surface area contributed by atoms with Crippen molar-refractivity contribution < 1.29 is 0 Å². The third kappa shape index (κ3) is 4.05. The molecule has 1 unspecified atom stereocenters. The maximum Gasteiger partial charge on any atom is 0.0233 e. The van der Waals surface area contributed by atoms with Crippen LogP contribution >= 0.6 is 0 Å². The molecule has 2 rings (SSSR count). The Kier molecular flexibility index (Phi) is 5.41. The van der Waals surface area contributed by atoms with Gasteiger partial charge in [-0.15, -0.1) is 0 Å². The van der Waals surface area contributed by atoms with Gasteiger partial charge in [0.05, 0.1) is 0 Å². The maximum absolute atomic E-state index is 3.39.